The van der Waals surface area contributed by atoms with Gasteiger partial charge in [0.1, 0.15) is 5.82 Å². The molecule has 5 rings (SSSR count). The molecule has 0 spiro atoms. The van der Waals surface area contributed by atoms with E-state index in [1.807, 2.05) is 50.5 Å². The lowest BCUT2D eigenvalue weighted by molar-refractivity contribution is -0.109. The number of aryl methyl sites for hydroxylation is 1. The second-order valence-electron chi connectivity index (χ2n) is 10.3. The van der Waals surface area contributed by atoms with Gasteiger partial charge in [-0.2, -0.15) is 0 Å². The number of carbonyl (C=O) groups excluding carboxylic acids is 2. The summed E-state index contributed by atoms with van der Waals surface area (Å²) >= 11 is 0. The van der Waals surface area contributed by atoms with Crippen molar-refractivity contribution in [3.8, 4) is 0 Å². The van der Waals surface area contributed by atoms with Crippen LogP contribution < -0.4 is 20.9 Å². The van der Waals surface area contributed by atoms with E-state index in [9.17, 15) is 4.79 Å². The highest BCUT2D eigenvalue weighted by molar-refractivity contribution is 6.04. The molecule has 1 saturated heterocycles. The van der Waals surface area contributed by atoms with E-state index in [0.717, 1.165) is 31.0 Å². The number of anilines is 3. The molecule has 2 unspecified atom stereocenters. The molecule has 1 aliphatic rings. The SMILES string of the molecule is CC1CN(Cc2ccc(C(=O)Nc3cc(N(C)c4ccc5c(ccn5C)c4)ccn3)cc2)CC(C)N1.CNC=O. The summed E-state index contributed by atoms with van der Waals surface area (Å²) in [4.78, 5) is 30.9. The summed E-state index contributed by atoms with van der Waals surface area (Å²) in [7, 11) is 5.63. The Morgan fingerprint density at radius 1 is 1.05 bits per heavy atom. The number of hydrogen-bond acceptors (Lipinski definition) is 6. The number of pyridine rings is 1. The summed E-state index contributed by atoms with van der Waals surface area (Å²) in [5.41, 5.74) is 5.05. The summed E-state index contributed by atoms with van der Waals surface area (Å²) < 4.78 is 2.11. The molecule has 210 valence electrons. The van der Waals surface area contributed by atoms with E-state index in [1.165, 1.54) is 16.5 Å². The highest BCUT2D eigenvalue weighted by Gasteiger charge is 2.21. The first kappa shape index (κ1) is 28.8. The molecule has 2 aromatic carbocycles. The zero-order valence-electron chi connectivity index (χ0n) is 23.9. The van der Waals surface area contributed by atoms with Crippen molar-refractivity contribution < 1.29 is 9.59 Å². The fourth-order valence-electron chi connectivity index (χ4n) is 5.10. The first-order valence-electron chi connectivity index (χ1n) is 13.5. The predicted molar refractivity (Wildman–Crippen MR) is 162 cm³/mol. The summed E-state index contributed by atoms with van der Waals surface area (Å²) in [6.07, 6.45) is 4.41. The molecule has 1 aliphatic heterocycles. The number of piperazine rings is 1. The van der Waals surface area contributed by atoms with Gasteiger partial charge >= 0.3 is 0 Å². The number of aromatic nitrogens is 2. The van der Waals surface area contributed by atoms with Crippen molar-refractivity contribution in [1.29, 1.82) is 0 Å². The molecule has 0 saturated carbocycles. The van der Waals surface area contributed by atoms with Gasteiger partial charge in [0.05, 0.1) is 0 Å². The average Bonchev–Trinajstić information content (AvgIpc) is 3.32. The number of rotatable bonds is 7. The maximum Gasteiger partial charge on any atom is 0.256 e. The maximum absolute atomic E-state index is 12.9. The molecular weight excluding hydrogens is 502 g/mol. The van der Waals surface area contributed by atoms with Gasteiger partial charge in [-0.25, -0.2) is 4.98 Å². The third-order valence-corrected chi connectivity index (χ3v) is 7.00. The molecule has 9 heteroatoms. The molecule has 0 aliphatic carbocycles. The molecule has 1 fully saturated rings. The van der Waals surface area contributed by atoms with Crippen LogP contribution in [0.4, 0.5) is 17.2 Å². The molecule has 3 heterocycles. The first-order valence-corrected chi connectivity index (χ1v) is 13.5. The number of fused-ring (bicyclic) bond motifs is 1. The highest BCUT2D eigenvalue weighted by atomic mass is 16.1. The molecule has 4 aromatic rings. The standard InChI is InChI=1S/C29H34N6O.C2H5NO/c1-20-17-35(18-21(2)31-20)19-22-5-7-23(8-6-22)29(36)32-28-16-26(11-13-30-28)34(4)25-9-10-27-24(15-25)12-14-33(27)3;1-3-2-4/h5-16,20-21,31H,17-19H2,1-4H3,(H,30,32,36);2H,1H3,(H,3,4). The van der Waals surface area contributed by atoms with Gasteiger partial charge in [0.2, 0.25) is 6.41 Å². The Labute approximate surface area is 236 Å². The number of amides is 2. The van der Waals surface area contributed by atoms with E-state index >= 15 is 0 Å². The number of benzene rings is 2. The van der Waals surface area contributed by atoms with Crippen LogP contribution in [-0.2, 0) is 18.4 Å². The fraction of sp³-hybridized carbons (Fsp3) is 0.323. The van der Waals surface area contributed by atoms with Gasteiger partial charge in [-0.05, 0) is 61.9 Å². The minimum atomic E-state index is -0.163. The van der Waals surface area contributed by atoms with E-state index in [2.05, 4.69) is 79.6 Å². The molecule has 2 amide bonds. The van der Waals surface area contributed by atoms with Gasteiger partial charge in [-0.15, -0.1) is 0 Å². The van der Waals surface area contributed by atoms with Crippen molar-refractivity contribution in [1.82, 2.24) is 25.1 Å². The van der Waals surface area contributed by atoms with Crippen molar-refractivity contribution in [3.05, 3.63) is 84.2 Å². The number of nitrogens with zero attached hydrogens (tertiary/aromatic N) is 4. The summed E-state index contributed by atoms with van der Waals surface area (Å²) in [5.74, 6) is 0.363. The summed E-state index contributed by atoms with van der Waals surface area (Å²) in [6, 6.07) is 21.2. The molecule has 3 N–H and O–H groups in total. The predicted octanol–water partition coefficient (Wildman–Crippen LogP) is 4.14. The van der Waals surface area contributed by atoms with Crippen LogP contribution in [0.25, 0.3) is 10.9 Å². The van der Waals surface area contributed by atoms with Crippen molar-refractivity contribution >= 4 is 40.4 Å². The van der Waals surface area contributed by atoms with Gasteiger partial charge in [-0.3, -0.25) is 14.5 Å². The second kappa shape index (κ2) is 13.2. The van der Waals surface area contributed by atoms with Crippen molar-refractivity contribution in [3.63, 3.8) is 0 Å². The highest BCUT2D eigenvalue weighted by Crippen LogP contribution is 2.28. The largest absolute Gasteiger partial charge is 0.362 e. The number of nitrogens with one attached hydrogen (secondary N) is 3. The van der Waals surface area contributed by atoms with Crippen LogP contribution in [0.2, 0.25) is 0 Å². The molecule has 2 atom stereocenters. The van der Waals surface area contributed by atoms with E-state index < -0.39 is 0 Å². The van der Waals surface area contributed by atoms with Gasteiger partial charge in [-0.1, -0.05) is 12.1 Å². The Morgan fingerprint density at radius 3 is 2.40 bits per heavy atom. The minimum absolute atomic E-state index is 0.163. The van der Waals surface area contributed by atoms with Crippen LogP contribution in [0.3, 0.4) is 0 Å². The number of hydrogen-bond donors (Lipinski definition) is 3. The van der Waals surface area contributed by atoms with E-state index in [4.69, 9.17) is 4.79 Å². The second-order valence-corrected chi connectivity index (χ2v) is 10.3. The zero-order valence-corrected chi connectivity index (χ0v) is 23.9. The lowest BCUT2D eigenvalue weighted by Crippen LogP contribution is -2.53. The summed E-state index contributed by atoms with van der Waals surface area (Å²) in [6.45, 7) is 7.39. The Hall–Kier alpha value is -4.21. The molecule has 2 aromatic heterocycles. The van der Waals surface area contributed by atoms with Crippen LogP contribution in [0.5, 0.6) is 0 Å². The van der Waals surface area contributed by atoms with Crippen LogP contribution in [0.15, 0.2) is 73.1 Å². The van der Waals surface area contributed by atoms with Crippen LogP contribution >= 0.6 is 0 Å². The molecule has 40 heavy (non-hydrogen) atoms. The van der Waals surface area contributed by atoms with Crippen molar-refractivity contribution in [2.45, 2.75) is 32.5 Å². The quantitative estimate of drug-likeness (QED) is 0.305. The van der Waals surface area contributed by atoms with Gasteiger partial charge in [0.25, 0.3) is 5.91 Å². The van der Waals surface area contributed by atoms with Crippen LogP contribution in [0.1, 0.15) is 29.8 Å². The zero-order chi connectivity index (χ0) is 28.6. The van der Waals surface area contributed by atoms with Gasteiger partial charge in [0.15, 0.2) is 0 Å². The molecule has 0 bridgehead atoms. The Morgan fingerprint density at radius 2 is 1.73 bits per heavy atom. The van der Waals surface area contributed by atoms with E-state index in [-0.39, 0.29) is 5.91 Å². The third kappa shape index (κ3) is 7.25. The monoisotopic (exact) mass is 541 g/mol. The fourth-order valence-corrected chi connectivity index (χ4v) is 5.10. The molecular formula is C31H39N7O2. The molecule has 0 radical (unpaired) electrons. The Bertz CT molecular complexity index is 1420. The van der Waals surface area contributed by atoms with Gasteiger partial charge in [0, 0.05) is 99.2 Å². The maximum atomic E-state index is 12.9. The number of carbonyl (C=O) groups is 2. The smallest absolute Gasteiger partial charge is 0.256 e. The lowest BCUT2D eigenvalue weighted by atomic mass is 10.1. The Balaban J connectivity index is 0.000000867. The third-order valence-electron chi connectivity index (χ3n) is 7.00. The average molecular weight is 542 g/mol. The topological polar surface area (TPSA) is 94.5 Å². The van der Waals surface area contributed by atoms with Crippen molar-refractivity contribution in [2.24, 2.45) is 7.05 Å². The summed E-state index contributed by atoms with van der Waals surface area (Å²) in [5, 5.41) is 9.96. The van der Waals surface area contributed by atoms with Gasteiger partial charge < -0.3 is 25.4 Å². The molecule has 9 nitrogen and oxygen atoms in total. The van der Waals surface area contributed by atoms with E-state index in [0.29, 0.717) is 29.9 Å². The normalized spacial score (nSPS) is 17.0. The van der Waals surface area contributed by atoms with Crippen LogP contribution in [-0.4, -0.2) is 66.0 Å². The lowest BCUT2D eigenvalue weighted by Gasteiger charge is -2.36. The van der Waals surface area contributed by atoms with Crippen molar-refractivity contribution in [2.75, 3.05) is 37.4 Å². The van der Waals surface area contributed by atoms with E-state index in [1.54, 1.807) is 13.2 Å². The van der Waals surface area contributed by atoms with Crippen LogP contribution in [0, 0.1) is 0 Å². The Kier molecular flexibility index (Phi) is 9.52. The minimum Gasteiger partial charge on any atom is -0.362 e. The first-order chi connectivity index (χ1) is 19.3.